The van der Waals surface area contributed by atoms with Gasteiger partial charge in [0.25, 0.3) is 0 Å². The van der Waals surface area contributed by atoms with E-state index in [-0.39, 0.29) is 0 Å². The van der Waals surface area contributed by atoms with Gasteiger partial charge in [-0.15, -0.1) is 0 Å². The average molecular weight is 330 g/mol. The number of halogens is 1. The number of benzene rings is 1. The molecule has 1 aliphatic rings. The minimum absolute atomic E-state index is 0.315. The van der Waals surface area contributed by atoms with Crippen molar-refractivity contribution in [2.24, 2.45) is 11.7 Å². The van der Waals surface area contributed by atoms with E-state index in [2.05, 4.69) is 15.9 Å². The highest BCUT2D eigenvalue weighted by Crippen LogP contribution is 2.40. The van der Waals surface area contributed by atoms with Crippen molar-refractivity contribution in [1.82, 2.24) is 0 Å². The number of hydrogen-bond donors (Lipinski definition) is 2. The highest BCUT2D eigenvalue weighted by atomic mass is 79.9. The Kier molecular flexibility index (Phi) is 4.71. The third-order valence-electron chi connectivity index (χ3n) is 3.85. The van der Waals surface area contributed by atoms with Crippen LogP contribution in [0.5, 0.6) is 11.5 Å². The predicted octanol–water partition coefficient (Wildman–Crippen LogP) is 2.63. The van der Waals surface area contributed by atoms with Crippen LogP contribution in [0.15, 0.2) is 16.6 Å². The highest BCUT2D eigenvalue weighted by molar-refractivity contribution is 9.10. The lowest BCUT2D eigenvalue weighted by atomic mass is 9.77. The predicted molar refractivity (Wildman–Crippen MR) is 77.5 cm³/mol. The fourth-order valence-electron chi connectivity index (χ4n) is 2.35. The second-order valence-electron chi connectivity index (χ2n) is 4.95. The molecule has 0 spiro atoms. The molecule has 106 valence electrons. The molecule has 0 radical (unpaired) electrons. The number of nitrogens with two attached hydrogens (primary N) is 1. The first-order chi connectivity index (χ1) is 9.08. The maximum atomic E-state index is 10.3. The van der Waals surface area contributed by atoms with Crippen LogP contribution in [0.25, 0.3) is 0 Å². The first-order valence-electron chi connectivity index (χ1n) is 6.43. The lowest BCUT2D eigenvalue weighted by Gasteiger charge is -2.34. The van der Waals surface area contributed by atoms with Crippen LogP contribution < -0.4 is 15.2 Å². The van der Waals surface area contributed by atoms with Crippen LogP contribution in [0.2, 0.25) is 0 Å². The van der Waals surface area contributed by atoms with E-state index in [0.717, 1.165) is 22.9 Å². The van der Waals surface area contributed by atoms with Crippen molar-refractivity contribution in [2.75, 3.05) is 14.2 Å². The summed E-state index contributed by atoms with van der Waals surface area (Å²) in [6.07, 6.45) is 2.78. The van der Waals surface area contributed by atoms with E-state index < -0.39 is 12.1 Å². The van der Waals surface area contributed by atoms with Gasteiger partial charge in [0, 0.05) is 0 Å². The molecular weight excluding hydrogens is 310 g/mol. The van der Waals surface area contributed by atoms with Crippen molar-refractivity contribution in [3.05, 3.63) is 22.2 Å². The van der Waals surface area contributed by atoms with Gasteiger partial charge in [-0.3, -0.25) is 0 Å². The van der Waals surface area contributed by atoms with Crippen molar-refractivity contribution in [1.29, 1.82) is 0 Å². The van der Waals surface area contributed by atoms with Gasteiger partial charge in [-0.2, -0.15) is 0 Å². The summed E-state index contributed by atoms with van der Waals surface area (Å²) in [5.74, 6) is 1.63. The summed E-state index contributed by atoms with van der Waals surface area (Å²) < 4.78 is 11.3. The smallest absolute Gasteiger partial charge is 0.137 e. The highest BCUT2D eigenvalue weighted by Gasteiger charge is 2.31. The Hall–Kier alpha value is -0.780. The number of methoxy groups -OCH3 is 2. The zero-order valence-corrected chi connectivity index (χ0v) is 12.8. The molecule has 0 amide bonds. The van der Waals surface area contributed by atoms with E-state index in [4.69, 9.17) is 15.2 Å². The van der Waals surface area contributed by atoms with Crippen LogP contribution in [-0.2, 0) is 0 Å². The summed E-state index contributed by atoms with van der Waals surface area (Å²) in [5, 5.41) is 10.3. The molecular formula is C14H20BrNO3. The van der Waals surface area contributed by atoms with Crippen molar-refractivity contribution in [3.63, 3.8) is 0 Å². The third kappa shape index (κ3) is 2.88. The topological polar surface area (TPSA) is 64.7 Å². The number of aliphatic hydroxyl groups is 1. The molecule has 1 aromatic carbocycles. The molecule has 0 aliphatic heterocycles. The number of hydrogen-bond acceptors (Lipinski definition) is 4. The first-order valence-corrected chi connectivity index (χ1v) is 7.22. The van der Waals surface area contributed by atoms with Gasteiger partial charge in [0.05, 0.1) is 26.4 Å². The van der Waals surface area contributed by atoms with E-state index in [1.807, 2.05) is 12.1 Å². The molecule has 2 atom stereocenters. The number of rotatable bonds is 5. The summed E-state index contributed by atoms with van der Waals surface area (Å²) in [7, 11) is 3.19. The van der Waals surface area contributed by atoms with E-state index >= 15 is 0 Å². The molecule has 1 aliphatic carbocycles. The molecule has 4 nitrogen and oxygen atoms in total. The fourth-order valence-corrected chi connectivity index (χ4v) is 2.91. The minimum Gasteiger partial charge on any atom is -0.495 e. The normalized spacial score (nSPS) is 18.6. The van der Waals surface area contributed by atoms with E-state index in [1.165, 1.54) is 6.42 Å². The Morgan fingerprint density at radius 2 is 1.79 bits per heavy atom. The molecule has 1 saturated carbocycles. The van der Waals surface area contributed by atoms with Crippen LogP contribution in [0, 0.1) is 5.92 Å². The lowest BCUT2D eigenvalue weighted by molar-refractivity contribution is 0.0413. The Morgan fingerprint density at radius 1 is 1.26 bits per heavy atom. The van der Waals surface area contributed by atoms with E-state index in [1.54, 1.807) is 14.2 Å². The van der Waals surface area contributed by atoms with Gasteiger partial charge in [-0.05, 0) is 52.4 Å². The summed E-state index contributed by atoms with van der Waals surface area (Å²) in [4.78, 5) is 0. The van der Waals surface area contributed by atoms with Crippen LogP contribution in [0.4, 0.5) is 0 Å². The second kappa shape index (κ2) is 6.11. The van der Waals surface area contributed by atoms with E-state index in [9.17, 15) is 5.11 Å². The zero-order chi connectivity index (χ0) is 14.0. The maximum absolute atomic E-state index is 10.3. The van der Waals surface area contributed by atoms with Gasteiger partial charge in [-0.25, -0.2) is 0 Å². The Bertz CT molecular complexity index is 423. The van der Waals surface area contributed by atoms with Gasteiger partial charge in [0.1, 0.15) is 16.0 Å². The molecule has 1 aromatic rings. The van der Waals surface area contributed by atoms with Crippen LogP contribution in [-0.4, -0.2) is 25.4 Å². The summed E-state index contributed by atoms with van der Waals surface area (Å²) in [6, 6.07) is 3.28. The Balaban J connectivity index is 2.27. The monoisotopic (exact) mass is 329 g/mol. The van der Waals surface area contributed by atoms with Crippen molar-refractivity contribution in [3.8, 4) is 11.5 Å². The van der Waals surface area contributed by atoms with Crippen LogP contribution in [0.1, 0.15) is 30.9 Å². The standard InChI is InChI=1S/C14H20BrNO3/c1-18-10-6-9(7-11(19-2)12(10)15)13(16)14(17)8-4-3-5-8/h6-8,13-14,17H,3-5,16H2,1-2H3/t13-,14+/m1/s1. The van der Waals surface area contributed by atoms with Crippen molar-refractivity contribution in [2.45, 2.75) is 31.4 Å². The second-order valence-corrected chi connectivity index (χ2v) is 5.74. The Labute approximate surface area is 122 Å². The summed E-state index contributed by atoms with van der Waals surface area (Å²) in [6.45, 7) is 0. The first kappa shape index (κ1) is 14.6. The molecule has 3 N–H and O–H groups in total. The SMILES string of the molecule is COc1cc([C@@H](N)[C@@H](O)C2CCC2)cc(OC)c1Br. The number of aliphatic hydroxyl groups excluding tert-OH is 1. The molecule has 5 heteroatoms. The average Bonchev–Trinajstić information content (AvgIpc) is 2.36. The molecule has 0 saturated heterocycles. The molecule has 0 heterocycles. The molecule has 1 fully saturated rings. The lowest BCUT2D eigenvalue weighted by Crippen LogP contribution is -2.36. The summed E-state index contributed by atoms with van der Waals surface area (Å²) in [5.41, 5.74) is 7.00. The van der Waals surface area contributed by atoms with Crippen LogP contribution in [0.3, 0.4) is 0 Å². The maximum Gasteiger partial charge on any atom is 0.137 e. The molecule has 19 heavy (non-hydrogen) atoms. The quantitative estimate of drug-likeness (QED) is 0.871. The van der Waals surface area contributed by atoms with Crippen molar-refractivity contribution < 1.29 is 14.6 Å². The Morgan fingerprint density at radius 3 is 2.16 bits per heavy atom. The molecule has 0 bridgehead atoms. The van der Waals surface area contributed by atoms with Crippen molar-refractivity contribution >= 4 is 15.9 Å². The van der Waals surface area contributed by atoms with Gasteiger partial charge < -0.3 is 20.3 Å². The van der Waals surface area contributed by atoms with Gasteiger partial charge >= 0.3 is 0 Å². The molecule has 0 unspecified atom stereocenters. The van der Waals surface area contributed by atoms with Gasteiger partial charge in [-0.1, -0.05) is 6.42 Å². The molecule has 2 rings (SSSR count). The number of ether oxygens (including phenoxy) is 2. The summed E-state index contributed by atoms with van der Waals surface area (Å²) >= 11 is 3.42. The van der Waals surface area contributed by atoms with Gasteiger partial charge in [0.15, 0.2) is 0 Å². The van der Waals surface area contributed by atoms with Gasteiger partial charge in [0.2, 0.25) is 0 Å². The zero-order valence-electron chi connectivity index (χ0n) is 11.2. The third-order valence-corrected chi connectivity index (χ3v) is 4.64. The molecule has 0 aromatic heterocycles. The van der Waals surface area contributed by atoms with Crippen LogP contribution >= 0.6 is 15.9 Å². The largest absolute Gasteiger partial charge is 0.495 e. The fraction of sp³-hybridized carbons (Fsp3) is 0.571. The minimum atomic E-state index is -0.510. The van der Waals surface area contributed by atoms with E-state index in [0.29, 0.717) is 17.4 Å².